The van der Waals surface area contributed by atoms with Crippen molar-refractivity contribution in [3.8, 4) is 0 Å². The molecule has 0 saturated carbocycles. The van der Waals surface area contributed by atoms with Gasteiger partial charge >= 0.3 is 5.97 Å². The van der Waals surface area contributed by atoms with E-state index in [0.717, 1.165) is 45.3 Å². The lowest BCUT2D eigenvalue weighted by Gasteiger charge is -2.41. The lowest BCUT2D eigenvalue weighted by Crippen LogP contribution is -2.48. The number of aryl methyl sites for hydroxylation is 1. The zero-order valence-corrected chi connectivity index (χ0v) is 15.6. The van der Waals surface area contributed by atoms with Crippen molar-refractivity contribution < 1.29 is 9.53 Å². The molecule has 0 bridgehead atoms. The first-order valence-electron chi connectivity index (χ1n) is 9.54. The number of rotatable bonds is 7. The minimum Gasteiger partial charge on any atom is -0.466 e. The van der Waals surface area contributed by atoms with Crippen molar-refractivity contribution >= 4 is 5.97 Å². The summed E-state index contributed by atoms with van der Waals surface area (Å²) in [5.41, 5.74) is 2.11. The van der Waals surface area contributed by atoms with Crippen LogP contribution in [0, 0.1) is 5.41 Å². The number of piperidine rings is 1. The standard InChI is InChI=1S/C22H28N2O2/c1-2-26-21(25)22(13-9-19-7-4-3-5-8-19)12-6-16-24(18-22)17-20-10-14-23-15-11-20/h3-5,7-8,10-11,14-15H,2,6,9,12-13,16-18H2,1H3. The largest absolute Gasteiger partial charge is 0.466 e. The molecule has 3 rings (SSSR count). The van der Waals surface area contributed by atoms with E-state index in [1.165, 1.54) is 11.1 Å². The van der Waals surface area contributed by atoms with Gasteiger partial charge in [-0.25, -0.2) is 0 Å². The highest BCUT2D eigenvalue weighted by Gasteiger charge is 2.43. The van der Waals surface area contributed by atoms with Crippen LogP contribution in [-0.4, -0.2) is 35.5 Å². The Hall–Kier alpha value is -2.20. The predicted molar refractivity (Wildman–Crippen MR) is 103 cm³/mol. The second-order valence-corrected chi connectivity index (χ2v) is 7.16. The Labute approximate surface area is 156 Å². The average molecular weight is 352 g/mol. The van der Waals surface area contributed by atoms with Crippen LogP contribution in [0.15, 0.2) is 54.9 Å². The average Bonchev–Trinajstić information content (AvgIpc) is 2.68. The molecule has 0 amide bonds. The van der Waals surface area contributed by atoms with Gasteiger partial charge in [0, 0.05) is 25.5 Å². The SMILES string of the molecule is CCOC(=O)C1(CCc2ccccc2)CCCN(Cc2ccncc2)C1. The minimum atomic E-state index is -0.406. The molecule has 2 heterocycles. The van der Waals surface area contributed by atoms with E-state index in [4.69, 9.17) is 4.74 Å². The van der Waals surface area contributed by atoms with Gasteiger partial charge < -0.3 is 4.74 Å². The van der Waals surface area contributed by atoms with Crippen LogP contribution in [0.3, 0.4) is 0 Å². The zero-order chi connectivity index (χ0) is 18.2. The normalized spacial score (nSPS) is 20.7. The molecule has 138 valence electrons. The van der Waals surface area contributed by atoms with Gasteiger partial charge in [0.15, 0.2) is 0 Å². The van der Waals surface area contributed by atoms with Gasteiger partial charge in [-0.1, -0.05) is 30.3 Å². The van der Waals surface area contributed by atoms with Crippen LogP contribution < -0.4 is 0 Å². The van der Waals surface area contributed by atoms with E-state index in [2.05, 4.69) is 34.1 Å². The second kappa shape index (κ2) is 8.95. The fourth-order valence-corrected chi connectivity index (χ4v) is 3.89. The van der Waals surface area contributed by atoms with E-state index in [1.54, 1.807) is 0 Å². The lowest BCUT2D eigenvalue weighted by atomic mass is 9.75. The molecule has 26 heavy (non-hydrogen) atoms. The first-order chi connectivity index (χ1) is 12.7. The van der Waals surface area contributed by atoms with Crippen LogP contribution in [0.5, 0.6) is 0 Å². The van der Waals surface area contributed by atoms with Crippen molar-refractivity contribution in [3.05, 3.63) is 66.0 Å². The van der Waals surface area contributed by atoms with Crippen molar-refractivity contribution in [2.24, 2.45) is 5.41 Å². The first kappa shape index (κ1) is 18.6. The third-order valence-corrected chi connectivity index (χ3v) is 5.25. The van der Waals surface area contributed by atoms with E-state index in [9.17, 15) is 4.79 Å². The molecular formula is C22H28N2O2. The number of hydrogen-bond acceptors (Lipinski definition) is 4. The van der Waals surface area contributed by atoms with Crippen molar-refractivity contribution in [3.63, 3.8) is 0 Å². The monoisotopic (exact) mass is 352 g/mol. The van der Waals surface area contributed by atoms with Gasteiger partial charge in [-0.15, -0.1) is 0 Å². The van der Waals surface area contributed by atoms with Gasteiger partial charge in [-0.2, -0.15) is 0 Å². The fourth-order valence-electron chi connectivity index (χ4n) is 3.89. The predicted octanol–water partition coefficient (Wildman–Crippen LogP) is 3.86. The molecule has 2 aromatic rings. The Bertz CT molecular complexity index is 690. The molecule has 1 aromatic carbocycles. The lowest BCUT2D eigenvalue weighted by molar-refractivity contribution is -0.160. The first-order valence-corrected chi connectivity index (χ1v) is 9.54. The third-order valence-electron chi connectivity index (χ3n) is 5.25. The van der Waals surface area contributed by atoms with E-state index >= 15 is 0 Å². The number of esters is 1. The van der Waals surface area contributed by atoms with Gasteiger partial charge in [0.25, 0.3) is 0 Å². The molecule has 0 radical (unpaired) electrons. The molecule has 1 saturated heterocycles. The summed E-state index contributed by atoms with van der Waals surface area (Å²) < 4.78 is 5.50. The number of ether oxygens (including phenoxy) is 1. The molecule has 1 fully saturated rings. The summed E-state index contributed by atoms with van der Waals surface area (Å²) in [7, 11) is 0. The van der Waals surface area contributed by atoms with Crippen LogP contribution >= 0.6 is 0 Å². The third kappa shape index (κ3) is 4.70. The number of hydrogen-bond donors (Lipinski definition) is 0. The summed E-state index contributed by atoms with van der Waals surface area (Å²) in [6, 6.07) is 14.5. The van der Waals surface area contributed by atoms with E-state index in [0.29, 0.717) is 6.61 Å². The Morgan fingerprint density at radius 2 is 1.92 bits per heavy atom. The summed E-state index contributed by atoms with van der Waals surface area (Å²) in [5.74, 6) is -0.0321. The highest BCUT2D eigenvalue weighted by molar-refractivity contribution is 5.77. The minimum absolute atomic E-state index is 0.0321. The second-order valence-electron chi connectivity index (χ2n) is 7.16. The maximum absolute atomic E-state index is 12.9. The number of nitrogens with zero attached hydrogens (tertiary/aromatic N) is 2. The number of pyridine rings is 1. The molecule has 0 spiro atoms. The summed E-state index contributed by atoms with van der Waals surface area (Å²) >= 11 is 0. The van der Waals surface area contributed by atoms with Crippen molar-refractivity contribution in [2.45, 2.75) is 39.2 Å². The Morgan fingerprint density at radius 3 is 2.65 bits per heavy atom. The molecule has 1 aliphatic heterocycles. The smallest absolute Gasteiger partial charge is 0.313 e. The molecule has 0 N–H and O–H groups in total. The van der Waals surface area contributed by atoms with Crippen LogP contribution in [0.1, 0.15) is 37.3 Å². The van der Waals surface area contributed by atoms with Crippen molar-refractivity contribution in [1.82, 2.24) is 9.88 Å². The summed E-state index contributed by atoms with van der Waals surface area (Å²) in [6.45, 7) is 4.97. The van der Waals surface area contributed by atoms with Gasteiger partial charge in [-0.3, -0.25) is 14.7 Å². The zero-order valence-electron chi connectivity index (χ0n) is 15.6. The van der Waals surface area contributed by atoms with Gasteiger partial charge in [0.2, 0.25) is 0 Å². The van der Waals surface area contributed by atoms with Gasteiger partial charge in [-0.05, 0) is 62.4 Å². The topological polar surface area (TPSA) is 42.4 Å². The fraction of sp³-hybridized carbons (Fsp3) is 0.455. The summed E-state index contributed by atoms with van der Waals surface area (Å²) in [5, 5.41) is 0. The Kier molecular flexibility index (Phi) is 6.40. The maximum Gasteiger partial charge on any atom is 0.313 e. The van der Waals surface area contributed by atoms with Crippen LogP contribution in [0.25, 0.3) is 0 Å². The van der Waals surface area contributed by atoms with E-state index in [1.807, 2.05) is 37.5 Å². The van der Waals surface area contributed by atoms with Gasteiger partial charge in [0.1, 0.15) is 0 Å². The summed E-state index contributed by atoms with van der Waals surface area (Å²) in [4.78, 5) is 19.4. The molecule has 1 aromatic heterocycles. The number of carbonyl (C=O) groups is 1. The maximum atomic E-state index is 12.9. The molecule has 1 atom stereocenters. The van der Waals surface area contributed by atoms with Gasteiger partial charge in [0.05, 0.1) is 12.0 Å². The number of carbonyl (C=O) groups excluding carboxylic acids is 1. The van der Waals surface area contributed by atoms with Crippen LogP contribution in [0.2, 0.25) is 0 Å². The number of benzene rings is 1. The molecule has 0 aliphatic carbocycles. The summed E-state index contributed by atoms with van der Waals surface area (Å²) in [6.07, 6.45) is 7.33. The quantitative estimate of drug-likeness (QED) is 0.710. The van der Waals surface area contributed by atoms with E-state index in [-0.39, 0.29) is 5.97 Å². The number of likely N-dealkylation sites (tertiary alicyclic amines) is 1. The van der Waals surface area contributed by atoms with Crippen LogP contribution in [-0.2, 0) is 22.5 Å². The molecule has 4 heteroatoms. The molecule has 1 aliphatic rings. The Morgan fingerprint density at radius 1 is 1.15 bits per heavy atom. The highest BCUT2D eigenvalue weighted by Crippen LogP contribution is 2.36. The highest BCUT2D eigenvalue weighted by atomic mass is 16.5. The Balaban J connectivity index is 1.72. The molecular weight excluding hydrogens is 324 g/mol. The molecule has 1 unspecified atom stereocenters. The van der Waals surface area contributed by atoms with Crippen molar-refractivity contribution in [2.75, 3.05) is 19.7 Å². The molecule has 4 nitrogen and oxygen atoms in total. The van der Waals surface area contributed by atoms with E-state index < -0.39 is 5.41 Å². The van der Waals surface area contributed by atoms with Crippen molar-refractivity contribution in [1.29, 1.82) is 0 Å². The van der Waals surface area contributed by atoms with Crippen LogP contribution in [0.4, 0.5) is 0 Å². The number of aromatic nitrogens is 1.